The summed E-state index contributed by atoms with van der Waals surface area (Å²) >= 11 is 1.13. The molecule has 0 radical (unpaired) electrons. The van der Waals surface area contributed by atoms with Gasteiger partial charge in [0.05, 0.1) is 6.61 Å². The molecule has 148 valence electrons. The first kappa shape index (κ1) is 19.1. The number of thiazole rings is 1. The number of aromatic nitrogens is 3. The van der Waals surface area contributed by atoms with Crippen LogP contribution in [0, 0.1) is 5.82 Å². The molecule has 2 aromatic heterocycles. The Morgan fingerprint density at radius 1 is 1.04 bits per heavy atom. The van der Waals surface area contributed by atoms with Crippen LogP contribution in [0.15, 0.2) is 34.2 Å². The van der Waals surface area contributed by atoms with Gasteiger partial charge in [0, 0.05) is 10.9 Å². The van der Waals surface area contributed by atoms with Gasteiger partial charge in [-0.3, -0.25) is 0 Å². The largest absolute Gasteiger partial charge is 0.394 e. The van der Waals surface area contributed by atoms with E-state index in [0.29, 0.717) is 16.3 Å². The Morgan fingerprint density at radius 2 is 1.79 bits per heavy atom. The molecule has 0 unspecified atom stereocenters. The quantitative estimate of drug-likeness (QED) is 0.485. The average Bonchev–Trinajstić information content (AvgIpc) is 3.37. The molecule has 3 aromatic rings. The lowest BCUT2D eigenvalue weighted by atomic mass is 9.95. The van der Waals surface area contributed by atoms with Gasteiger partial charge in [0.1, 0.15) is 47.0 Å². The number of benzene rings is 1. The van der Waals surface area contributed by atoms with Gasteiger partial charge in [-0.2, -0.15) is 4.98 Å². The minimum Gasteiger partial charge on any atom is -0.394 e. The highest BCUT2D eigenvalue weighted by atomic mass is 32.1. The Hall–Kier alpha value is -2.28. The van der Waals surface area contributed by atoms with Crippen LogP contribution < -0.4 is 0 Å². The molecule has 3 heterocycles. The Kier molecular flexibility index (Phi) is 5.19. The number of ether oxygens (including phenoxy) is 1. The zero-order valence-corrected chi connectivity index (χ0v) is 15.0. The molecule has 11 heteroatoms. The van der Waals surface area contributed by atoms with Crippen molar-refractivity contribution in [2.45, 2.75) is 30.5 Å². The molecule has 9 nitrogen and oxygen atoms in total. The smallest absolute Gasteiger partial charge is 0.277 e. The summed E-state index contributed by atoms with van der Waals surface area (Å²) in [6.45, 7) is -0.523. The van der Waals surface area contributed by atoms with Crippen molar-refractivity contribution in [2.24, 2.45) is 0 Å². The number of hydrogen-bond donors (Lipinski definition) is 4. The van der Waals surface area contributed by atoms with E-state index in [1.807, 2.05) is 0 Å². The summed E-state index contributed by atoms with van der Waals surface area (Å²) in [5, 5.41) is 45.0. The van der Waals surface area contributed by atoms with Gasteiger partial charge in [0.2, 0.25) is 5.82 Å². The van der Waals surface area contributed by atoms with Crippen molar-refractivity contribution >= 4 is 11.3 Å². The minimum atomic E-state index is -1.49. The molecule has 4 rings (SSSR count). The molecule has 4 N–H and O–H groups in total. The lowest BCUT2D eigenvalue weighted by molar-refractivity contribution is -0.231. The third-order valence-electron chi connectivity index (χ3n) is 4.41. The molecule has 0 aliphatic carbocycles. The maximum atomic E-state index is 13.0. The van der Waals surface area contributed by atoms with Gasteiger partial charge in [-0.25, -0.2) is 9.37 Å². The van der Waals surface area contributed by atoms with E-state index in [4.69, 9.17) is 9.26 Å². The summed E-state index contributed by atoms with van der Waals surface area (Å²) in [5.41, 5.74) is 0.901. The lowest BCUT2D eigenvalue weighted by Crippen LogP contribution is -2.55. The number of nitrogens with zero attached hydrogens (tertiary/aromatic N) is 3. The Labute approximate surface area is 161 Å². The van der Waals surface area contributed by atoms with E-state index in [1.54, 1.807) is 5.38 Å². The molecule has 0 saturated carbocycles. The van der Waals surface area contributed by atoms with Crippen LogP contribution in [-0.4, -0.2) is 66.6 Å². The third-order valence-corrected chi connectivity index (χ3v) is 5.31. The van der Waals surface area contributed by atoms with E-state index >= 15 is 0 Å². The molecule has 0 spiro atoms. The van der Waals surface area contributed by atoms with Crippen LogP contribution in [0.25, 0.3) is 23.0 Å². The maximum absolute atomic E-state index is 13.0. The number of hydrogen-bond acceptors (Lipinski definition) is 10. The summed E-state index contributed by atoms with van der Waals surface area (Å²) in [5.74, 6) is -0.0000498. The first-order chi connectivity index (χ1) is 13.5. The van der Waals surface area contributed by atoms with Crippen molar-refractivity contribution in [3.05, 3.63) is 40.5 Å². The predicted octanol–water partition coefficient (Wildman–Crippen LogP) is 0.514. The average molecular weight is 409 g/mol. The van der Waals surface area contributed by atoms with E-state index in [-0.39, 0.29) is 17.5 Å². The molecule has 5 atom stereocenters. The highest BCUT2D eigenvalue weighted by molar-refractivity contribution is 7.10. The highest BCUT2D eigenvalue weighted by Crippen LogP contribution is 2.35. The Balaban J connectivity index is 1.57. The SMILES string of the molecule is OC[C@H]1O[C@@H](c2nc(-c3nc(-c4ccc(F)cc4)no3)cs2)[C@H](O)[C@@H](O)[C@H]1O. The van der Waals surface area contributed by atoms with Gasteiger partial charge in [0.15, 0.2) is 0 Å². The first-order valence-corrected chi connectivity index (χ1v) is 9.22. The third kappa shape index (κ3) is 3.43. The molecule has 0 amide bonds. The van der Waals surface area contributed by atoms with Crippen LogP contribution in [0.5, 0.6) is 0 Å². The Bertz CT molecular complexity index is 947. The van der Waals surface area contributed by atoms with Gasteiger partial charge in [-0.05, 0) is 24.3 Å². The van der Waals surface area contributed by atoms with Gasteiger partial charge in [-0.15, -0.1) is 11.3 Å². The van der Waals surface area contributed by atoms with Gasteiger partial charge in [-0.1, -0.05) is 5.16 Å². The zero-order valence-electron chi connectivity index (χ0n) is 14.2. The van der Waals surface area contributed by atoms with Crippen molar-refractivity contribution in [3.8, 4) is 23.0 Å². The minimum absolute atomic E-state index is 0.117. The predicted molar refractivity (Wildman–Crippen MR) is 93.5 cm³/mol. The summed E-state index contributed by atoms with van der Waals surface area (Å²) in [7, 11) is 0. The van der Waals surface area contributed by atoms with Crippen LogP contribution in [-0.2, 0) is 4.74 Å². The molecule has 1 aromatic carbocycles. The normalized spacial score (nSPS) is 27.8. The van der Waals surface area contributed by atoms with Crippen LogP contribution in [0.2, 0.25) is 0 Å². The summed E-state index contributed by atoms with van der Waals surface area (Å²) in [6, 6.07) is 5.60. The second-order valence-electron chi connectivity index (χ2n) is 6.25. The van der Waals surface area contributed by atoms with Crippen LogP contribution >= 0.6 is 11.3 Å². The number of rotatable bonds is 4. The summed E-state index contributed by atoms with van der Waals surface area (Å²) in [4.78, 5) is 8.53. The lowest BCUT2D eigenvalue weighted by Gasteiger charge is -2.39. The molecule has 28 heavy (non-hydrogen) atoms. The fourth-order valence-electron chi connectivity index (χ4n) is 2.87. The van der Waals surface area contributed by atoms with Crippen LogP contribution in [0.4, 0.5) is 4.39 Å². The number of halogens is 1. The fourth-order valence-corrected chi connectivity index (χ4v) is 3.73. The van der Waals surface area contributed by atoms with Crippen molar-refractivity contribution < 1.29 is 34.1 Å². The van der Waals surface area contributed by atoms with E-state index in [2.05, 4.69) is 15.1 Å². The molecule has 0 bridgehead atoms. The monoisotopic (exact) mass is 409 g/mol. The zero-order chi connectivity index (χ0) is 19.8. The van der Waals surface area contributed by atoms with E-state index in [1.165, 1.54) is 24.3 Å². The summed E-state index contributed by atoms with van der Waals surface area (Å²) in [6.07, 6.45) is -6.41. The highest BCUT2D eigenvalue weighted by Gasteiger charge is 2.45. The molecular formula is C17H16FN3O6S. The van der Waals surface area contributed by atoms with Crippen molar-refractivity contribution in [1.82, 2.24) is 15.1 Å². The van der Waals surface area contributed by atoms with E-state index in [9.17, 15) is 24.8 Å². The van der Waals surface area contributed by atoms with Gasteiger partial charge >= 0.3 is 0 Å². The molecule has 1 aliphatic heterocycles. The topological polar surface area (TPSA) is 142 Å². The number of aliphatic hydroxyl groups excluding tert-OH is 4. The van der Waals surface area contributed by atoms with E-state index in [0.717, 1.165) is 11.3 Å². The van der Waals surface area contributed by atoms with Crippen molar-refractivity contribution in [1.29, 1.82) is 0 Å². The molecule has 1 aliphatic rings. The van der Waals surface area contributed by atoms with Gasteiger partial charge in [0.25, 0.3) is 5.89 Å². The standard InChI is InChI=1S/C17H16FN3O6S/c18-8-3-1-7(2-4-8)15-20-16(27-21-15)9-6-28-17(19-9)14-13(25)12(24)11(23)10(5-22)26-14/h1-4,6,10-14,22-25H,5H2/t10-,11+,12+,13-,14-/m1/s1. The molecule has 1 fully saturated rings. The first-order valence-electron chi connectivity index (χ1n) is 8.34. The summed E-state index contributed by atoms with van der Waals surface area (Å²) < 4.78 is 23.7. The fraction of sp³-hybridized carbons (Fsp3) is 0.353. The molecular weight excluding hydrogens is 393 g/mol. The van der Waals surface area contributed by atoms with E-state index < -0.39 is 37.1 Å². The van der Waals surface area contributed by atoms with Crippen LogP contribution in [0.1, 0.15) is 11.1 Å². The maximum Gasteiger partial charge on any atom is 0.277 e. The van der Waals surface area contributed by atoms with Crippen molar-refractivity contribution in [2.75, 3.05) is 6.61 Å². The molecule has 1 saturated heterocycles. The van der Waals surface area contributed by atoms with Crippen molar-refractivity contribution in [3.63, 3.8) is 0 Å². The second-order valence-corrected chi connectivity index (χ2v) is 7.14. The number of aliphatic hydroxyl groups is 4. The van der Waals surface area contributed by atoms with Crippen LogP contribution in [0.3, 0.4) is 0 Å². The second kappa shape index (κ2) is 7.62. The Morgan fingerprint density at radius 3 is 2.50 bits per heavy atom. The van der Waals surface area contributed by atoms with Gasteiger partial charge < -0.3 is 29.7 Å².